The van der Waals surface area contributed by atoms with Crippen LogP contribution in [0.3, 0.4) is 0 Å². The van der Waals surface area contributed by atoms with Crippen molar-refractivity contribution in [2.45, 2.75) is 19.3 Å². The molecule has 0 atom stereocenters. The highest BCUT2D eigenvalue weighted by atomic mass is 15.2. The summed E-state index contributed by atoms with van der Waals surface area (Å²) in [6.07, 6.45) is 0. The predicted molar refractivity (Wildman–Crippen MR) is 329 cm³/mol. The zero-order valence-corrected chi connectivity index (χ0v) is 43.6. The van der Waals surface area contributed by atoms with Gasteiger partial charge in [-0.05, 0) is 170 Å². The minimum atomic E-state index is -0.283. The molecule has 0 amide bonds. The van der Waals surface area contributed by atoms with Gasteiger partial charge >= 0.3 is 0 Å². The molecule has 0 spiro atoms. The molecule has 14 rings (SSSR count). The molecule has 0 unspecified atom stereocenters. The molecule has 0 N–H and O–H groups in total. The molecule has 0 aliphatic heterocycles. The van der Waals surface area contributed by atoms with E-state index in [1.165, 1.54) is 88.6 Å². The maximum atomic E-state index is 2.47. The Morgan fingerprint density at radius 1 is 0.295 bits per heavy atom. The van der Waals surface area contributed by atoms with Crippen LogP contribution in [0.4, 0.5) is 34.1 Å². The van der Waals surface area contributed by atoms with Gasteiger partial charge in [0.1, 0.15) is 0 Å². The molecule has 0 bridgehead atoms. The first-order chi connectivity index (χ1) is 38.4. The summed E-state index contributed by atoms with van der Waals surface area (Å²) in [5.74, 6) is 0. The summed E-state index contributed by atoms with van der Waals surface area (Å²) in [5.41, 5.74) is 23.4. The van der Waals surface area contributed by atoms with E-state index in [-0.39, 0.29) is 5.41 Å². The molecule has 370 valence electrons. The molecule has 0 radical (unpaired) electrons. The SMILES string of the molecule is CC1(C)c2cc(-c3ccc4c(c3)c(-c3ccccc3)c(-c3ccccc3)n4-c3ccc4ccccc4c3)ccc2-c2ccc(N(c3ccc(-c4ccccc4)cc3)c3ccc(N(c4ccccc4)c4ccccc4)cc3)cc21. The summed E-state index contributed by atoms with van der Waals surface area (Å²) in [7, 11) is 0. The van der Waals surface area contributed by atoms with E-state index in [4.69, 9.17) is 0 Å². The van der Waals surface area contributed by atoms with Crippen LogP contribution in [-0.4, -0.2) is 4.57 Å². The monoisotopic (exact) mass is 997 g/mol. The van der Waals surface area contributed by atoms with Crippen LogP contribution in [0.1, 0.15) is 25.0 Å². The Morgan fingerprint density at radius 2 is 0.718 bits per heavy atom. The van der Waals surface area contributed by atoms with E-state index in [0.29, 0.717) is 0 Å². The molecule has 78 heavy (non-hydrogen) atoms. The smallest absolute Gasteiger partial charge is 0.0619 e. The first-order valence-electron chi connectivity index (χ1n) is 27.0. The lowest BCUT2D eigenvalue weighted by molar-refractivity contribution is 0.660. The van der Waals surface area contributed by atoms with E-state index in [0.717, 1.165) is 39.8 Å². The van der Waals surface area contributed by atoms with Crippen LogP contribution in [0.25, 0.3) is 83.1 Å². The van der Waals surface area contributed by atoms with Crippen molar-refractivity contribution >= 4 is 55.8 Å². The minimum Gasteiger partial charge on any atom is -0.311 e. The molecular weight excluding hydrogens is 943 g/mol. The summed E-state index contributed by atoms with van der Waals surface area (Å²) in [6, 6.07) is 109. The average Bonchev–Trinajstić information content (AvgIpc) is 4.03. The van der Waals surface area contributed by atoms with Crippen LogP contribution in [0.2, 0.25) is 0 Å². The Labute approximate surface area is 456 Å². The molecule has 12 aromatic carbocycles. The van der Waals surface area contributed by atoms with Gasteiger partial charge in [0.2, 0.25) is 0 Å². The van der Waals surface area contributed by atoms with Gasteiger partial charge in [0.25, 0.3) is 0 Å². The third kappa shape index (κ3) is 8.16. The van der Waals surface area contributed by atoms with Crippen molar-refractivity contribution in [2.75, 3.05) is 9.80 Å². The Bertz CT molecular complexity index is 4260. The van der Waals surface area contributed by atoms with E-state index in [9.17, 15) is 0 Å². The van der Waals surface area contributed by atoms with Gasteiger partial charge in [-0.3, -0.25) is 0 Å². The van der Waals surface area contributed by atoms with E-state index in [1.54, 1.807) is 0 Å². The van der Waals surface area contributed by atoms with Crippen molar-refractivity contribution in [3.8, 4) is 61.5 Å². The number of rotatable bonds is 11. The van der Waals surface area contributed by atoms with Crippen molar-refractivity contribution in [1.82, 2.24) is 4.57 Å². The molecule has 13 aromatic rings. The van der Waals surface area contributed by atoms with Gasteiger partial charge in [0, 0.05) is 56.2 Å². The Hall–Kier alpha value is -9.96. The Kier molecular flexibility index (Phi) is 11.5. The highest BCUT2D eigenvalue weighted by Gasteiger charge is 2.36. The fourth-order valence-electron chi connectivity index (χ4n) is 12.1. The molecule has 1 heterocycles. The second-order valence-corrected chi connectivity index (χ2v) is 20.9. The highest BCUT2D eigenvalue weighted by Crippen LogP contribution is 2.53. The fourth-order valence-corrected chi connectivity index (χ4v) is 12.1. The number of para-hydroxylation sites is 2. The topological polar surface area (TPSA) is 11.4 Å². The number of hydrogen-bond acceptors (Lipinski definition) is 2. The van der Waals surface area contributed by atoms with Gasteiger partial charge in [-0.15, -0.1) is 0 Å². The fraction of sp³-hybridized carbons (Fsp3) is 0.0400. The average molecular weight is 998 g/mol. The second-order valence-electron chi connectivity index (χ2n) is 20.9. The lowest BCUT2D eigenvalue weighted by Gasteiger charge is -2.29. The predicted octanol–water partition coefficient (Wildman–Crippen LogP) is 20.7. The van der Waals surface area contributed by atoms with E-state index in [1.807, 2.05) is 0 Å². The van der Waals surface area contributed by atoms with Gasteiger partial charge in [-0.2, -0.15) is 0 Å². The maximum absolute atomic E-state index is 2.47. The van der Waals surface area contributed by atoms with Gasteiger partial charge in [0.15, 0.2) is 0 Å². The summed E-state index contributed by atoms with van der Waals surface area (Å²) in [6.45, 7) is 4.79. The van der Waals surface area contributed by atoms with Gasteiger partial charge in [-0.25, -0.2) is 0 Å². The van der Waals surface area contributed by atoms with Crippen molar-refractivity contribution < 1.29 is 0 Å². The third-order valence-electron chi connectivity index (χ3n) is 15.9. The van der Waals surface area contributed by atoms with Crippen molar-refractivity contribution in [1.29, 1.82) is 0 Å². The number of hydrogen-bond donors (Lipinski definition) is 0. The first-order valence-corrected chi connectivity index (χ1v) is 27.0. The highest BCUT2D eigenvalue weighted by molar-refractivity contribution is 6.07. The van der Waals surface area contributed by atoms with Crippen LogP contribution in [-0.2, 0) is 5.41 Å². The van der Waals surface area contributed by atoms with Crippen LogP contribution in [0.15, 0.2) is 297 Å². The Morgan fingerprint density at radius 3 is 1.33 bits per heavy atom. The van der Waals surface area contributed by atoms with Crippen LogP contribution in [0.5, 0.6) is 0 Å². The van der Waals surface area contributed by atoms with Gasteiger partial charge in [0.05, 0.1) is 11.2 Å². The summed E-state index contributed by atoms with van der Waals surface area (Å²) < 4.78 is 2.47. The standard InChI is InChI=1S/C75H55N3/c1-75(2)70-50-59(58-36-47-72-69(49-58)73(55-23-10-4-11-24-55)74(56-25-12-5-13-26-56)78(72)65-39-34-53-22-18-19-27-57(53)48-65)35-45-67(70)68-46-44-66(51-71(68)75)77(62-37-32-54(33-38-62)52-20-8-3-9-21-52)64-42-40-63(41-43-64)76(60-28-14-6-15-29-60)61-30-16-7-17-31-61/h3-51H,1-2H3. The largest absolute Gasteiger partial charge is 0.311 e. The number of nitrogens with zero attached hydrogens (tertiary/aromatic N) is 3. The molecule has 1 aliphatic carbocycles. The molecule has 0 saturated heterocycles. The maximum Gasteiger partial charge on any atom is 0.0619 e. The molecule has 0 fully saturated rings. The van der Waals surface area contributed by atoms with E-state index in [2.05, 4.69) is 325 Å². The number of fused-ring (bicyclic) bond motifs is 5. The quantitative estimate of drug-likeness (QED) is 0.128. The molecular formula is C75H55N3. The van der Waals surface area contributed by atoms with Gasteiger partial charge in [-0.1, -0.05) is 208 Å². The molecule has 3 heteroatoms. The third-order valence-corrected chi connectivity index (χ3v) is 15.9. The van der Waals surface area contributed by atoms with Crippen LogP contribution in [0, 0.1) is 0 Å². The van der Waals surface area contributed by atoms with E-state index < -0.39 is 0 Å². The van der Waals surface area contributed by atoms with Crippen molar-refractivity contribution in [3.05, 3.63) is 308 Å². The van der Waals surface area contributed by atoms with Gasteiger partial charge < -0.3 is 14.4 Å². The molecule has 0 saturated carbocycles. The molecule has 1 aliphatic rings. The summed E-state index contributed by atoms with van der Waals surface area (Å²) in [4.78, 5) is 4.72. The van der Waals surface area contributed by atoms with Crippen LogP contribution >= 0.6 is 0 Å². The normalized spacial score (nSPS) is 12.3. The second kappa shape index (κ2) is 19.3. The van der Waals surface area contributed by atoms with Crippen LogP contribution < -0.4 is 9.80 Å². The minimum absolute atomic E-state index is 0.283. The lowest BCUT2D eigenvalue weighted by Crippen LogP contribution is -2.17. The first kappa shape index (κ1) is 46.6. The number of anilines is 6. The zero-order chi connectivity index (χ0) is 52.2. The zero-order valence-electron chi connectivity index (χ0n) is 43.6. The Balaban J connectivity index is 0.869. The van der Waals surface area contributed by atoms with E-state index >= 15 is 0 Å². The molecule has 3 nitrogen and oxygen atoms in total. The molecule has 1 aromatic heterocycles. The number of benzene rings is 12. The summed E-state index contributed by atoms with van der Waals surface area (Å²) >= 11 is 0. The van der Waals surface area contributed by atoms with Crippen molar-refractivity contribution in [2.24, 2.45) is 0 Å². The number of aromatic nitrogens is 1. The lowest BCUT2D eigenvalue weighted by atomic mass is 9.81. The van der Waals surface area contributed by atoms with Crippen molar-refractivity contribution in [3.63, 3.8) is 0 Å². The summed E-state index contributed by atoms with van der Waals surface area (Å²) in [5, 5.41) is 3.67.